The van der Waals surface area contributed by atoms with Crippen LogP contribution in [0, 0.1) is 5.41 Å². The highest BCUT2D eigenvalue weighted by molar-refractivity contribution is 5.07. The van der Waals surface area contributed by atoms with E-state index < -0.39 is 6.10 Å². The van der Waals surface area contributed by atoms with E-state index in [0.29, 0.717) is 0 Å². The number of hydrogen-bond donors (Lipinski definition) is 5. The Morgan fingerprint density at radius 1 is 1.11 bits per heavy atom. The van der Waals surface area contributed by atoms with Crippen LogP contribution in [0.3, 0.4) is 0 Å². The van der Waals surface area contributed by atoms with Crippen LogP contribution in [0.4, 0.5) is 0 Å². The summed E-state index contributed by atoms with van der Waals surface area (Å²) in [5.41, 5.74) is 0.246. The molecule has 7 nitrogen and oxygen atoms in total. The Kier molecular flexibility index (Phi) is 3.33. The zero-order chi connectivity index (χ0) is 13.7. The predicted molar refractivity (Wildman–Crippen MR) is 68.3 cm³/mol. The molecule has 3 rings (SSSR count). The molecule has 2 heterocycles. The van der Waals surface area contributed by atoms with E-state index in [1.807, 2.05) is 0 Å². The average Bonchev–Trinajstić information content (AvgIpc) is 2.24. The summed E-state index contributed by atoms with van der Waals surface area (Å²) < 4.78 is 0. The van der Waals surface area contributed by atoms with Gasteiger partial charge in [0.1, 0.15) is 0 Å². The van der Waals surface area contributed by atoms with Gasteiger partial charge in [-0.25, -0.2) is 9.91 Å². The fourth-order valence-electron chi connectivity index (χ4n) is 4.08. The third-order valence-electron chi connectivity index (χ3n) is 4.86. The number of rotatable bonds is 3. The van der Waals surface area contributed by atoms with Gasteiger partial charge < -0.3 is 20.6 Å². The molecule has 0 radical (unpaired) electrons. The molecule has 0 unspecified atom stereocenters. The Morgan fingerprint density at radius 3 is 2.16 bits per heavy atom. The largest absolute Gasteiger partial charge is 0.346 e. The van der Waals surface area contributed by atoms with Gasteiger partial charge in [-0.3, -0.25) is 5.84 Å². The van der Waals surface area contributed by atoms with Gasteiger partial charge in [-0.1, -0.05) is 0 Å². The van der Waals surface area contributed by atoms with Crippen molar-refractivity contribution >= 4 is 0 Å². The molecule has 0 aromatic carbocycles. The summed E-state index contributed by atoms with van der Waals surface area (Å²) in [7, 11) is 0. The van der Waals surface area contributed by atoms with Crippen LogP contribution in [0.1, 0.15) is 25.7 Å². The van der Waals surface area contributed by atoms with E-state index in [2.05, 4.69) is 5.32 Å². The maximum absolute atomic E-state index is 9.66. The molecule has 6 N–H and O–H groups in total. The highest BCUT2D eigenvalue weighted by Gasteiger charge is 2.56. The van der Waals surface area contributed by atoms with Crippen molar-refractivity contribution in [3.05, 3.63) is 0 Å². The van der Waals surface area contributed by atoms with Crippen molar-refractivity contribution in [2.24, 2.45) is 11.3 Å². The first-order valence-electron chi connectivity index (χ1n) is 7.06. The summed E-state index contributed by atoms with van der Waals surface area (Å²) in [6.45, 7) is 3.45. The molecule has 7 heteroatoms. The minimum Gasteiger partial charge on any atom is -0.330 e. The van der Waals surface area contributed by atoms with Crippen molar-refractivity contribution in [1.82, 2.24) is 15.2 Å². The zero-order valence-electron chi connectivity index (χ0n) is 11.1. The number of hydrogen-bond acceptors (Lipinski definition) is 7. The summed E-state index contributed by atoms with van der Waals surface area (Å²) >= 11 is 0. The van der Waals surface area contributed by atoms with E-state index in [-0.39, 0.29) is 17.5 Å². The number of nitrogens with one attached hydrogen (secondary N) is 1. The smallest absolute Gasteiger partial charge is 0.330 e. The molecule has 0 amide bonds. The molecule has 1 spiro atoms. The van der Waals surface area contributed by atoms with Crippen LogP contribution in [0.2, 0.25) is 0 Å². The maximum atomic E-state index is 9.66. The first kappa shape index (κ1) is 13.7. The van der Waals surface area contributed by atoms with Crippen LogP contribution in [0.5, 0.6) is 0 Å². The molecule has 0 aromatic heterocycles. The van der Waals surface area contributed by atoms with E-state index >= 15 is 0 Å². The monoisotopic (exact) mass is 272 g/mol. The van der Waals surface area contributed by atoms with Gasteiger partial charge in [0, 0.05) is 30.6 Å². The fourth-order valence-corrected chi connectivity index (χ4v) is 4.08. The van der Waals surface area contributed by atoms with E-state index in [4.69, 9.17) is 5.84 Å². The van der Waals surface area contributed by atoms with Crippen LogP contribution >= 0.6 is 0 Å². The van der Waals surface area contributed by atoms with E-state index in [1.165, 1.54) is 4.90 Å². The molecular weight excluding hydrogens is 248 g/mol. The molecule has 3 fully saturated rings. The van der Waals surface area contributed by atoms with Crippen molar-refractivity contribution in [2.45, 2.75) is 43.9 Å². The van der Waals surface area contributed by atoms with E-state index in [1.54, 1.807) is 5.01 Å². The van der Waals surface area contributed by atoms with Crippen molar-refractivity contribution in [3.8, 4) is 0 Å². The fraction of sp³-hybridized carbons (Fsp3) is 1.00. The molecule has 19 heavy (non-hydrogen) atoms. The van der Waals surface area contributed by atoms with Crippen LogP contribution in [0.15, 0.2) is 0 Å². The Hall–Kier alpha value is -0.280. The number of hydrazine groups is 1. The summed E-state index contributed by atoms with van der Waals surface area (Å²) in [5.74, 6) is 5.68. The lowest BCUT2D eigenvalue weighted by Gasteiger charge is -2.61. The number of nitrogens with two attached hydrogens (primary N) is 1. The normalized spacial score (nSPS) is 29.5. The second kappa shape index (κ2) is 4.63. The highest BCUT2D eigenvalue weighted by atomic mass is 16.7. The standard InChI is InChI=1S/C12H24N4O3/c13-15-7-11(8-15)5-10(6-11)16(12(17,18)19)9-1-3-14-4-2-9/h9-10,14,17-19H,1-8,13H2. The van der Waals surface area contributed by atoms with Crippen LogP contribution in [-0.4, -0.2) is 69.6 Å². The lowest BCUT2D eigenvalue weighted by molar-refractivity contribution is -0.418. The third kappa shape index (κ3) is 2.52. The topological polar surface area (TPSA) is 105 Å². The van der Waals surface area contributed by atoms with Crippen molar-refractivity contribution in [2.75, 3.05) is 26.2 Å². The van der Waals surface area contributed by atoms with Crippen molar-refractivity contribution < 1.29 is 15.3 Å². The second-order valence-electron chi connectivity index (χ2n) is 6.46. The maximum Gasteiger partial charge on any atom is 0.346 e. The van der Waals surface area contributed by atoms with Gasteiger partial charge in [-0.2, -0.15) is 0 Å². The summed E-state index contributed by atoms with van der Waals surface area (Å²) in [5, 5.41) is 34.0. The number of nitrogens with zero attached hydrogens (tertiary/aromatic N) is 2. The van der Waals surface area contributed by atoms with Crippen molar-refractivity contribution in [1.29, 1.82) is 0 Å². The van der Waals surface area contributed by atoms with E-state index in [0.717, 1.165) is 51.9 Å². The van der Waals surface area contributed by atoms with Gasteiger partial charge in [-0.05, 0) is 38.8 Å². The first-order chi connectivity index (χ1) is 8.90. The first-order valence-corrected chi connectivity index (χ1v) is 7.06. The van der Waals surface area contributed by atoms with Gasteiger partial charge in [-0.15, -0.1) is 0 Å². The van der Waals surface area contributed by atoms with Gasteiger partial charge in [0.15, 0.2) is 0 Å². The zero-order valence-corrected chi connectivity index (χ0v) is 11.1. The second-order valence-corrected chi connectivity index (χ2v) is 6.46. The molecule has 0 bridgehead atoms. The van der Waals surface area contributed by atoms with Crippen molar-refractivity contribution in [3.63, 3.8) is 0 Å². The SMILES string of the molecule is NN1CC2(CC(N(C3CCNCC3)C(O)(O)O)C2)C1. The molecule has 2 saturated heterocycles. The van der Waals surface area contributed by atoms with Gasteiger partial charge in [0.05, 0.1) is 0 Å². The Labute approximate surface area is 112 Å². The number of piperidine rings is 1. The molecule has 3 aliphatic rings. The average molecular weight is 272 g/mol. The minimum atomic E-state index is -2.71. The summed E-state index contributed by atoms with van der Waals surface area (Å²) in [6, 6.07) is 0.0643. The third-order valence-corrected chi connectivity index (χ3v) is 4.86. The Balaban J connectivity index is 1.64. The molecular formula is C12H24N4O3. The van der Waals surface area contributed by atoms with Gasteiger partial charge >= 0.3 is 6.10 Å². The lowest BCUT2D eigenvalue weighted by Crippen LogP contribution is -2.72. The lowest BCUT2D eigenvalue weighted by atomic mass is 9.60. The molecule has 1 aliphatic carbocycles. The molecule has 0 atom stereocenters. The minimum absolute atomic E-state index is 0.0256. The molecule has 1 saturated carbocycles. The molecule has 2 aliphatic heterocycles. The van der Waals surface area contributed by atoms with Gasteiger partial charge in [0.2, 0.25) is 0 Å². The predicted octanol–water partition coefficient (Wildman–Crippen LogP) is -2.03. The molecule has 110 valence electrons. The van der Waals surface area contributed by atoms with Crippen LogP contribution in [-0.2, 0) is 0 Å². The number of aliphatic hydroxyl groups is 3. The van der Waals surface area contributed by atoms with E-state index in [9.17, 15) is 15.3 Å². The van der Waals surface area contributed by atoms with Gasteiger partial charge in [0.25, 0.3) is 0 Å². The highest BCUT2D eigenvalue weighted by Crippen LogP contribution is 2.50. The van der Waals surface area contributed by atoms with Crippen LogP contribution < -0.4 is 11.2 Å². The Morgan fingerprint density at radius 2 is 1.68 bits per heavy atom. The van der Waals surface area contributed by atoms with Crippen LogP contribution in [0.25, 0.3) is 0 Å². The summed E-state index contributed by atoms with van der Waals surface area (Å²) in [4.78, 5) is 1.50. The summed E-state index contributed by atoms with van der Waals surface area (Å²) in [6.07, 6.45) is 0.717. The molecule has 0 aromatic rings. The quantitative estimate of drug-likeness (QED) is 0.298. The Bertz CT molecular complexity index is 326.